The van der Waals surface area contributed by atoms with Crippen molar-refractivity contribution in [3.63, 3.8) is 0 Å². The van der Waals surface area contributed by atoms with Gasteiger partial charge in [0.05, 0.1) is 0 Å². The van der Waals surface area contributed by atoms with Gasteiger partial charge in [0.1, 0.15) is 0 Å². The summed E-state index contributed by atoms with van der Waals surface area (Å²) in [6.07, 6.45) is 5.20. The van der Waals surface area contributed by atoms with Gasteiger partial charge in [-0.2, -0.15) is 0 Å². The molecule has 0 amide bonds. The Morgan fingerprint density at radius 3 is 2.70 bits per heavy atom. The maximum absolute atomic E-state index is 5.98. The van der Waals surface area contributed by atoms with Crippen molar-refractivity contribution in [2.24, 2.45) is 0 Å². The van der Waals surface area contributed by atoms with Crippen LogP contribution in [0.25, 0.3) is 0 Å². The molecule has 2 atom stereocenters. The summed E-state index contributed by atoms with van der Waals surface area (Å²) in [6.45, 7) is 7.96. The molecule has 2 rings (SSSR count). The molecule has 1 saturated heterocycles. The summed E-state index contributed by atoms with van der Waals surface area (Å²) in [7, 11) is 0. The first-order chi connectivity index (χ1) is 9.74. The molecule has 0 aromatic heterocycles. The number of likely N-dealkylation sites (tertiary alicyclic amines) is 1. The molecule has 0 bridgehead atoms. The molecule has 20 heavy (non-hydrogen) atoms. The van der Waals surface area contributed by atoms with E-state index >= 15 is 0 Å². The van der Waals surface area contributed by atoms with Gasteiger partial charge in [0.2, 0.25) is 0 Å². The van der Waals surface area contributed by atoms with E-state index in [1.54, 1.807) is 0 Å². The number of nitrogens with one attached hydrogen (secondary N) is 1. The van der Waals surface area contributed by atoms with E-state index in [9.17, 15) is 0 Å². The van der Waals surface area contributed by atoms with Gasteiger partial charge in [0.15, 0.2) is 0 Å². The van der Waals surface area contributed by atoms with Crippen molar-refractivity contribution in [3.05, 3.63) is 34.9 Å². The number of hydrogen-bond acceptors (Lipinski definition) is 2. The maximum atomic E-state index is 5.98. The first-order valence-electron chi connectivity index (χ1n) is 7.97. The minimum atomic E-state index is 0.440. The van der Waals surface area contributed by atoms with Crippen LogP contribution in [0.5, 0.6) is 0 Å². The van der Waals surface area contributed by atoms with Crippen LogP contribution in [0.3, 0.4) is 0 Å². The zero-order valence-electron chi connectivity index (χ0n) is 12.7. The Kier molecular flexibility index (Phi) is 6.34. The second-order valence-corrected chi connectivity index (χ2v) is 6.13. The van der Waals surface area contributed by atoms with Crippen molar-refractivity contribution in [2.75, 3.05) is 19.6 Å². The zero-order chi connectivity index (χ0) is 14.4. The Hall–Kier alpha value is -0.570. The van der Waals surface area contributed by atoms with Gasteiger partial charge in [-0.25, -0.2) is 0 Å². The van der Waals surface area contributed by atoms with E-state index in [0.29, 0.717) is 6.04 Å². The number of hydrogen-bond donors (Lipinski definition) is 1. The van der Waals surface area contributed by atoms with Gasteiger partial charge in [-0.15, -0.1) is 0 Å². The van der Waals surface area contributed by atoms with Crippen molar-refractivity contribution in [2.45, 2.75) is 51.6 Å². The summed E-state index contributed by atoms with van der Waals surface area (Å²) in [6, 6.07) is 9.53. The molecule has 1 heterocycles. The van der Waals surface area contributed by atoms with Crippen molar-refractivity contribution in [1.29, 1.82) is 0 Å². The topological polar surface area (TPSA) is 15.3 Å². The molecular weight excluding hydrogens is 268 g/mol. The number of rotatable bonds is 7. The van der Waals surface area contributed by atoms with Crippen molar-refractivity contribution < 1.29 is 0 Å². The van der Waals surface area contributed by atoms with Gasteiger partial charge in [-0.1, -0.05) is 37.6 Å². The molecule has 0 saturated carbocycles. The molecule has 0 aliphatic carbocycles. The van der Waals surface area contributed by atoms with Crippen LogP contribution in [-0.4, -0.2) is 30.6 Å². The Balaban J connectivity index is 1.93. The highest BCUT2D eigenvalue weighted by molar-refractivity contribution is 6.30. The van der Waals surface area contributed by atoms with Crippen LogP contribution in [0.15, 0.2) is 24.3 Å². The lowest BCUT2D eigenvalue weighted by atomic mass is 10.0. The van der Waals surface area contributed by atoms with Crippen LogP contribution in [0.4, 0.5) is 0 Å². The normalized spacial score (nSPS) is 21.2. The largest absolute Gasteiger partial charge is 0.310 e. The number of nitrogens with zero attached hydrogens (tertiary/aromatic N) is 1. The van der Waals surface area contributed by atoms with Crippen molar-refractivity contribution in [3.8, 4) is 0 Å². The predicted octanol–water partition coefficient (Wildman–Crippen LogP) is 4.26. The lowest BCUT2D eigenvalue weighted by molar-refractivity contribution is 0.234. The fraction of sp³-hybridized carbons (Fsp3) is 0.647. The summed E-state index contributed by atoms with van der Waals surface area (Å²) < 4.78 is 0. The van der Waals surface area contributed by atoms with E-state index in [1.165, 1.54) is 44.3 Å². The zero-order valence-corrected chi connectivity index (χ0v) is 13.5. The molecule has 0 radical (unpaired) electrons. The molecule has 112 valence electrons. The molecule has 0 spiro atoms. The Bertz CT molecular complexity index is 390. The molecule has 1 aliphatic heterocycles. The van der Waals surface area contributed by atoms with Gasteiger partial charge in [0.25, 0.3) is 0 Å². The highest BCUT2D eigenvalue weighted by Crippen LogP contribution is 2.24. The smallest absolute Gasteiger partial charge is 0.0406 e. The molecule has 1 aromatic rings. The van der Waals surface area contributed by atoms with E-state index in [0.717, 1.165) is 17.6 Å². The van der Waals surface area contributed by atoms with Gasteiger partial charge >= 0.3 is 0 Å². The van der Waals surface area contributed by atoms with Crippen LogP contribution in [0.1, 0.15) is 51.1 Å². The van der Waals surface area contributed by atoms with Crippen LogP contribution in [0, 0.1) is 0 Å². The second-order valence-electron chi connectivity index (χ2n) is 5.69. The predicted molar refractivity (Wildman–Crippen MR) is 87.4 cm³/mol. The van der Waals surface area contributed by atoms with E-state index in [1.807, 2.05) is 12.1 Å². The van der Waals surface area contributed by atoms with Crippen LogP contribution < -0.4 is 5.32 Å². The van der Waals surface area contributed by atoms with Crippen molar-refractivity contribution in [1.82, 2.24) is 10.2 Å². The minimum Gasteiger partial charge on any atom is -0.310 e. The lowest BCUT2D eigenvalue weighted by Crippen LogP contribution is -2.32. The molecule has 1 aromatic carbocycles. The third-order valence-electron chi connectivity index (χ3n) is 4.40. The fourth-order valence-electron chi connectivity index (χ4n) is 3.27. The van der Waals surface area contributed by atoms with Crippen LogP contribution in [-0.2, 0) is 0 Å². The first-order valence-corrected chi connectivity index (χ1v) is 8.35. The monoisotopic (exact) mass is 294 g/mol. The Morgan fingerprint density at radius 2 is 2.05 bits per heavy atom. The SMILES string of the molecule is CCNC(CCN1CCCC1CC)c1ccc(Cl)cc1. The van der Waals surface area contributed by atoms with E-state index in [2.05, 4.69) is 36.2 Å². The highest BCUT2D eigenvalue weighted by atomic mass is 35.5. The second kappa shape index (κ2) is 8.02. The maximum Gasteiger partial charge on any atom is 0.0406 e. The third kappa shape index (κ3) is 4.21. The van der Waals surface area contributed by atoms with Crippen LogP contribution in [0.2, 0.25) is 5.02 Å². The molecule has 1 N–H and O–H groups in total. The average molecular weight is 295 g/mol. The molecule has 2 unspecified atom stereocenters. The number of benzene rings is 1. The van der Waals surface area contributed by atoms with Crippen LogP contribution >= 0.6 is 11.6 Å². The van der Waals surface area contributed by atoms with E-state index in [-0.39, 0.29) is 0 Å². The summed E-state index contributed by atoms with van der Waals surface area (Å²) >= 11 is 5.98. The molecular formula is C17H27ClN2. The van der Waals surface area contributed by atoms with Gasteiger partial charge in [-0.3, -0.25) is 0 Å². The highest BCUT2D eigenvalue weighted by Gasteiger charge is 2.23. The van der Waals surface area contributed by atoms with E-state index < -0.39 is 0 Å². The summed E-state index contributed by atoms with van der Waals surface area (Å²) in [4.78, 5) is 2.67. The standard InChI is InChI=1S/C17H27ClN2/c1-3-16-6-5-12-20(16)13-11-17(19-4-2)14-7-9-15(18)10-8-14/h7-10,16-17,19H,3-6,11-13H2,1-2H3. The minimum absolute atomic E-state index is 0.440. The number of halogens is 1. The Labute approximate surface area is 128 Å². The average Bonchev–Trinajstić information content (AvgIpc) is 2.92. The fourth-order valence-corrected chi connectivity index (χ4v) is 3.40. The molecule has 2 nitrogen and oxygen atoms in total. The first kappa shape index (κ1) is 15.8. The van der Waals surface area contributed by atoms with Crippen molar-refractivity contribution >= 4 is 11.6 Å². The summed E-state index contributed by atoms with van der Waals surface area (Å²) in [5.41, 5.74) is 1.35. The third-order valence-corrected chi connectivity index (χ3v) is 4.65. The van der Waals surface area contributed by atoms with E-state index in [4.69, 9.17) is 11.6 Å². The molecule has 1 aliphatic rings. The van der Waals surface area contributed by atoms with Gasteiger partial charge in [0, 0.05) is 23.7 Å². The molecule has 3 heteroatoms. The summed E-state index contributed by atoms with van der Waals surface area (Å²) in [5, 5.41) is 4.42. The summed E-state index contributed by atoms with van der Waals surface area (Å²) in [5.74, 6) is 0. The quantitative estimate of drug-likeness (QED) is 0.808. The van der Waals surface area contributed by atoms with Gasteiger partial charge in [-0.05, 0) is 56.5 Å². The Morgan fingerprint density at radius 1 is 1.30 bits per heavy atom. The molecule has 1 fully saturated rings. The lowest BCUT2D eigenvalue weighted by Gasteiger charge is -2.26. The van der Waals surface area contributed by atoms with Gasteiger partial charge < -0.3 is 10.2 Å².